The van der Waals surface area contributed by atoms with E-state index < -0.39 is 5.92 Å². The molecule has 138 valence electrons. The van der Waals surface area contributed by atoms with Crippen molar-refractivity contribution >= 4 is 23.0 Å². The van der Waals surface area contributed by atoms with Gasteiger partial charge in [0.05, 0.1) is 6.61 Å². The van der Waals surface area contributed by atoms with Gasteiger partial charge in [-0.1, -0.05) is 20.8 Å². The highest BCUT2D eigenvalue weighted by molar-refractivity contribution is 7.09. The lowest BCUT2D eigenvalue weighted by Gasteiger charge is -2.32. The summed E-state index contributed by atoms with van der Waals surface area (Å²) in [6.07, 6.45) is 1.83. The molecule has 6 heteroatoms. The SMILES string of the molecule is COCCn1c(C)c(C)sc1=NC(=O)C1C(=O)C2(C)CCC1C2(C)C. The number of hydrogen-bond acceptors (Lipinski definition) is 4. The zero-order valence-electron chi connectivity index (χ0n) is 16.0. The molecule has 2 aliphatic carbocycles. The van der Waals surface area contributed by atoms with E-state index in [9.17, 15) is 9.59 Å². The molecule has 0 spiro atoms. The Balaban J connectivity index is 1.97. The quantitative estimate of drug-likeness (QED) is 0.772. The average molecular weight is 365 g/mol. The molecule has 0 aromatic carbocycles. The van der Waals surface area contributed by atoms with Gasteiger partial charge in [-0.25, -0.2) is 0 Å². The molecule has 1 amide bonds. The van der Waals surface area contributed by atoms with Crippen LogP contribution in [0.4, 0.5) is 0 Å². The summed E-state index contributed by atoms with van der Waals surface area (Å²) in [5.74, 6) is -0.641. The second-order valence-electron chi connectivity index (χ2n) is 8.16. The molecule has 25 heavy (non-hydrogen) atoms. The van der Waals surface area contributed by atoms with Crippen molar-refractivity contribution in [1.29, 1.82) is 0 Å². The highest BCUT2D eigenvalue weighted by atomic mass is 32.1. The third kappa shape index (κ3) is 2.56. The Morgan fingerprint density at radius 2 is 2.04 bits per heavy atom. The highest BCUT2D eigenvalue weighted by Gasteiger charge is 2.67. The zero-order chi connectivity index (χ0) is 18.6. The summed E-state index contributed by atoms with van der Waals surface area (Å²) in [6.45, 7) is 11.6. The van der Waals surface area contributed by atoms with Crippen molar-refractivity contribution in [3.63, 3.8) is 0 Å². The average Bonchev–Trinajstić information content (AvgIpc) is 2.99. The maximum absolute atomic E-state index is 13.0. The van der Waals surface area contributed by atoms with E-state index in [4.69, 9.17) is 4.74 Å². The van der Waals surface area contributed by atoms with Crippen LogP contribution in [0.25, 0.3) is 0 Å². The van der Waals surface area contributed by atoms with E-state index in [0.717, 1.165) is 23.4 Å². The molecule has 5 nitrogen and oxygen atoms in total. The second-order valence-corrected chi connectivity index (χ2v) is 9.34. The van der Waals surface area contributed by atoms with Crippen LogP contribution in [0, 0.1) is 36.5 Å². The smallest absolute Gasteiger partial charge is 0.259 e. The molecule has 2 bridgehead atoms. The molecule has 3 atom stereocenters. The molecule has 3 rings (SSSR count). The van der Waals surface area contributed by atoms with E-state index >= 15 is 0 Å². The second kappa shape index (κ2) is 6.16. The number of aromatic nitrogens is 1. The van der Waals surface area contributed by atoms with Crippen LogP contribution in [-0.4, -0.2) is 30.0 Å². The number of methoxy groups -OCH3 is 1. The number of ketones is 1. The van der Waals surface area contributed by atoms with Crippen molar-refractivity contribution in [2.75, 3.05) is 13.7 Å². The number of fused-ring (bicyclic) bond motifs is 2. The Bertz CT molecular complexity index is 789. The molecule has 0 saturated heterocycles. The Morgan fingerprint density at radius 1 is 1.36 bits per heavy atom. The first-order chi connectivity index (χ1) is 11.6. The molecule has 2 aliphatic rings. The molecule has 3 unspecified atom stereocenters. The van der Waals surface area contributed by atoms with Gasteiger partial charge in [0.15, 0.2) is 10.6 Å². The standard InChI is InChI=1S/C19H28N2O3S/c1-11-12(2)25-17(21(11)9-10-24-6)20-16(23)14-13-7-8-19(5,15(14)22)18(13,3)4/h13-14H,7-10H2,1-6H3. The normalized spacial score (nSPS) is 31.1. The summed E-state index contributed by atoms with van der Waals surface area (Å²) in [4.78, 5) is 32.1. The number of aryl methyl sites for hydroxylation is 1. The lowest BCUT2D eigenvalue weighted by atomic mass is 9.70. The fourth-order valence-electron chi connectivity index (χ4n) is 4.66. The number of hydrogen-bond donors (Lipinski definition) is 0. The van der Waals surface area contributed by atoms with Crippen LogP contribution in [-0.2, 0) is 20.9 Å². The number of carbonyl (C=O) groups is 2. The fourth-order valence-corrected chi connectivity index (χ4v) is 5.67. The van der Waals surface area contributed by atoms with Gasteiger partial charge in [-0.15, -0.1) is 11.3 Å². The van der Waals surface area contributed by atoms with Crippen molar-refractivity contribution in [1.82, 2.24) is 4.57 Å². The van der Waals surface area contributed by atoms with Crippen molar-refractivity contribution in [2.45, 2.75) is 54.0 Å². The van der Waals surface area contributed by atoms with Crippen molar-refractivity contribution in [3.05, 3.63) is 15.4 Å². The summed E-state index contributed by atoms with van der Waals surface area (Å²) in [7, 11) is 1.66. The van der Waals surface area contributed by atoms with Crippen LogP contribution in [0.5, 0.6) is 0 Å². The molecular weight excluding hydrogens is 336 g/mol. The van der Waals surface area contributed by atoms with Crippen molar-refractivity contribution in [2.24, 2.45) is 27.7 Å². The maximum Gasteiger partial charge on any atom is 0.259 e. The van der Waals surface area contributed by atoms with E-state index in [0.29, 0.717) is 18.0 Å². The molecule has 2 saturated carbocycles. The number of amides is 1. The van der Waals surface area contributed by atoms with E-state index in [-0.39, 0.29) is 28.4 Å². The Hall–Kier alpha value is -1.27. The highest BCUT2D eigenvalue weighted by Crippen LogP contribution is 2.65. The summed E-state index contributed by atoms with van der Waals surface area (Å²) in [5.41, 5.74) is 0.578. The molecule has 0 radical (unpaired) electrons. The number of nitrogens with zero attached hydrogens (tertiary/aromatic N) is 2. The van der Waals surface area contributed by atoms with E-state index in [1.165, 1.54) is 11.3 Å². The first-order valence-corrected chi connectivity index (χ1v) is 9.75. The molecule has 2 fully saturated rings. The Kier molecular flexibility index (Phi) is 4.57. The van der Waals surface area contributed by atoms with Crippen molar-refractivity contribution in [3.8, 4) is 0 Å². The minimum atomic E-state index is -0.577. The van der Waals surface area contributed by atoms with Gasteiger partial charge in [-0.3, -0.25) is 9.59 Å². The number of Topliss-reactive ketones (excluding diaryl/α,β-unsaturated/α-hetero) is 1. The monoisotopic (exact) mass is 364 g/mol. The number of rotatable bonds is 4. The molecule has 1 aromatic heterocycles. The van der Waals surface area contributed by atoms with Crippen LogP contribution < -0.4 is 4.80 Å². The van der Waals surface area contributed by atoms with Crippen LogP contribution in [0.3, 0.4) is 0 Å². The van der Waals surface area contributed by atoms with Gasteiger partial charge in [0.1, 0.15) is 5.92 Å². The first kappa shape index (κ1) is 18.5. The Labute approximate surface area is 153 Å². The topological polar surface area (TPSA) is 60.7 Å². The molecular formula is C19H28N2O3S. The molecule has 1 heterocycles. The van der Waals surface area contributed by atoms with Crippen LogP contribution >= 0.6 is 11.3 Å². The van der Waals surface area contributed by atoms with Gasteiger partial charge >= 0.3 is 0 Å². The van der Waals surface area contributed by atoms with Gasteiger partial charge in [0.25, 0.3) is 5.91 Å². The maximum atomic E-state index is 13.0. The lowest BCUT2D eigenvalue weighted by Crippen LogP contribution is -2.35. The number of thiazole rings is 1. The van der Waals surface area contributed by atoms with Gasteiger partial charge in [-0.2, -0.15) is 4.99 Å². The van der Waals surface area contributed by atoms with Crippen LogP contribution in [0.1, 0.15) is 44.2 Å². The third-order valence-electron chi connectivity index (χ3n) is 6.91. The first-order valence-electron chi connectivity index (χ1n) is 8.94. The van der Waals surface area contributed by atoms with Gasteiger partial charge < -0.3 is 9.30 Å². The Morgan fingerprint density at radius 3 is 2.60 bits per heavy atom. The fraction of sp³-hybridized carbons (Fsp3) is 0.737. The zero-order valence-corrected chi connectivity index (χ0v) is 16.8. The lowest BCUT2D eigenvalue weighted by molar-refractivity contribution is -0.137. The minimum absolute atomic E-state index is 0.0935. The van der Waals surface area contributed by atoms with Gasteiger partial charge in [0.2, 0.25) is 0 Å². The van der Waals surface area contributed by atoms with E-state index in [2.05, 4.69) is 18.8 Å². The third-order valence-corrected chi connectivity index (χ3v) is 8.01. The predicted molar refractivity (Wildman–Crippen MR) is 97.3 cm³/mol. The predicted octanol–water partition coefficient (Wildman–Crippen LogP) is 2.88. The van der Waals surface area contributed by atoms with E-state index in [1.807, 2.05) is 25.3 Å². The molecule has 1 aromatic rings. The van der Waals surface area contributed by atoms with Gasteiger partial charge in [-0.05, 0) is 38.0 Å². The molecule has 0 aliphatic heterocycles. The summed E-state index contributed by atoms with van der Waals surface area (Å²) in [6, 6.07) is 0. The van der Waals surface area contributed by atoms with Crippen molar-refractivity contribution < 1.29 is 14.3 Å². The summed E-state index contributed by atoms with van der Waals surface area (Å²) < 4.78 is 7.19. The van der Waals surface area contributed by atoms with E-state index in [1.54, 1.807) is 7.11 Å². The number of ether oxygens (including phenoxy) is 1. The largest absolute Gasteiger partial charge is 0.383 e. The van der Waals surface area contributed by atoms with Crippen LogP contribution in [0.2, 0.25) is 0 Å². The number of carbonyl (C=O) groups excluding carboxylic acids is 2. The summed E-state index contributed by atoms with van der Waals surface area (Å²) in [5, 5.41) is 0. The van der Waals surface area contributed by atoms with Gasteiger partial charge in [0, 0.05) is 29.6 Å². The minimum Gasteiger partial charge on any atom is -0.383 e. The molecule has 0 N–H and O–H groups in total. The van der Waals surface area contributed by atoms with Crippen LogP contribution in [0.15, 0.2) is 4.99 Å². The summed E-state index contributed by atoms with van der Waals surface area (Å²) >= 11 is 1.51.